The van der Waals surface area contributed by atoms with Gasteiger partial charge in [0.15, 0.2) is 5.82 Å². The Morgan fingerprint density at radius 1 is 1.22 bits per heavy atom. The monoisotopic (exact) mass is 449 g/mol. The highest BCUT2D eigenvalue weighted by molar-refractivity contribution is 5.81. The molecule has 0 radical (unpaired) electrons. The summed E-state index contributed by atoms with van der Waals surface area (Å²) in [6.45, 7) is 5.61. The third-order valence-electron chi connectivity index (χ3n) is 5.69. The molecule has 1 aliphatic rings. The first-order valence-electron chi connectivity index (χ1n) is 10.5. The molecule has 1 fully saturated rings. The maximum absolute atomic E-state index is 13.8. The lowest BCUT2D eigenvalue weighted by atomic mass is 9.83. The van der Waals surface area contributed by atoms with E-state index in [1.165, 1.54) is 17.0 Å². The second-order valence-electron chi connectivity index (χ2n) is 8.67. The molecule has 2 aromatic heterocycles. The zero-order chi connectivity index (χ0) is 23.1. The van der Waals surface area contributed by atoms with Crippen molar-refractivity contribution in [2.45, 2.75) is 63.5 Å². The number of aromatic nitrogens is 4. The molecule has 10 heteroatoms. The smallest absolute Gasteiger partial charge is 0.418 e. The molecular weight excluding hydrogens is 423 g/mol. The highest BCUT2D eigenvalue weighted by Gasteiger charge is 2.41. The van der Waals surface area contributed by atoms with Crippen molar-refractivity contribution >= 4 is 11.0 Å². The van der Waals surface area contributed by atoms with Crippen LogP contribution in [-0.4, -0.2) is 43.3 Å². The van der Waals surface area contributed by atoms with Crippen molar-refractivity contribution in [3.05, 3.63) is 48.3 Å². The van der Waals surface area contributed by atoms with Gasteiger partial charge in [-0.2, -0.15) is 13.2 Å². The molecule has 32 heavy (non-hydrogen) atoms. The molecule has 3 aromatic rings. The van der Waals surface area contributed by atoms with E-state index in [-0.39, 0.29) is 47.9 Å². The third kappa shape index (κ3) is 4.42. The Balaban J connectivity index is 1.58. The molecule has 3 heterocycles. The molecule has 3 unspecified atom stereocenters. The van der Waals surface area contributed by atoms with Crippen molar-refractivity contribution < 1.29 is 23.0 Å². The van der Waals surface area contributed by atoms with Crippen molar-refractivity contribution in [3.8, 4) is 5.75 Å². The Morgan fingerprint density at radius 3 is 2.59 bits per heavy atom. The van der Waals surface area contributed by atoms with Crippen LogP contribution in [0.15, 0.2) is 36.9 Å². The predicted octanol–water partition coefficient (Wildman–Crippen LogP) is 3.83. The number of nitrogens with zero attached hydrogens (tertiary/aromatic N) is 4. The van der Waals surface area contributed by atoms with E-state index in [1.54, 1.807) is 32.3 Å². The summed E-state index contributed by atoms with van der Waals surface area (Å²) in [7, 11) is 0. The van der Waals surface area contributed by atoms with Gasteiger partial charge < -0.3 is 19.7 Å². The van der Waals surface area contributed by atoms with Gasteiger partial charge in [-0.1, -0.05) is 0 Å². The zero-order valence-corrected chi connectivity index (χ0v) is 18.1. The number of benzene rings is 1. The van der Waals surface area contributed by atoms with Gasteiger partial charge in [0.1, 0.15) is 18.0 Å². The van der Waals surface area contributed by atoms with Crippen LogP contribution in [-0.2, 0) is 11.8 Å². The number of alkyl halides is 3. The molecule has 0 spiro atoms. The van der Waals surface area contributed by atoms with Crippen LogP contribution in [0, 0.1) is 0 Å². The van der Waals surface area contributed by atoms with Crippen LogP contribution >= 0.6 is 0 Å². The number of piperidine rings is 1. The quantitative estimate of drug-likeness (QED) is 0.616. The van der Waals surface area contributed by atoms with Crippen LogP contribution in [0.2, 0.25) is 0 Å². The number of nitrogens with one attached hydrogen (secondary N) is 1. The molecular formula is C22H26F3N5O2. The van der Waals surface area contributed by atoms with Gasteiger partial charge in [0.25, 0.3) is 0 Å². The van der Waals surface area contributed by atoms with Crippen LogP contribution in [0.3, 0.4) is 0 Å². The average molecular weight is 449 g/mol. The molecule has 1 aliphatic heterocycles. The minimum absolute atomic E-state index is 0.0415. The highest BCUT2D eigenvalue weighted by Crippen LogP contribution is 2.39. The van der Waals surface area contributed by atoms with E-state index < -0.39 is 17.3 Å². The second kappa shape index (κ2) is 8.32. The summed E-state index contributed by atoms with van der Waals surface area (Å²) in [6.07, 6.45) is 0.707. The maximum atomic E-state index is 13.8. The normalized spacial score (nSPS) is 24.2. The summed E-state index contributed by atoms with van der Waals surface area (Å²) in [4.78, 5) is 12.5. The first-order valence-corrected chi connectivity index (χ1v) is 10.5. The van der Waals surface area contributed by atoms with Gasteiger partial charge in [0.2, 0.25) is 0 Å². The van der Waals surface area contributed by atoms with Gasteiger partial charge in [-0.3, -0.25) is 0 Å². The Labute approximate surface area is 183 Å². The van der Waals surface area contributed by atoms with Gasteiger partial charge in [0, 0.05) is 43.0 Å². The lowest BCUT2D eigenvalue weighted by molar-refractivity contribution is -0.136. The summed E-state index contributed by atoms with van der Waals surface area (Å²) in [6, 6.07) is 3.68. The number of ether oxygens (including phenoxy) is 1. The topological polar surface area (TPSA) is 85.1 Å². The lowest BCUT2D eigenvalue weighted by Crippen LogP contribution is -2.53. The van der Waals surface area contributed by atoms with E-state index in [0.29, 0.717) is 12.2 Å². The van der Waals surface area contributed by atoms with Crippen molar-refractivity contribution in [1.82, 2.24) is 24.8 Å². The number of imidazole rings is 1. The number of rotatable bonds is 5. The fraction of sp³-hybridized carbons (Fsp3) is 0.500. The van der Waals surface area contributed by atoms with Gasteiger partial charge in [-0.25, -0.2) is 15.0 Å². The van der Waals surface area contributed by atoms with E-state index >= 15 is 0 Å². The minimum Gasteiger partial charge on any atom is -0.492 e. The minimum atomic E-state index is -4.55. The summed E-state index contributed by atoms with van der Waals surface area (Å²) in [5, 5.41) is 14.5. The van der Waals surface area contributed by atoms with Gasteiger partial charge in [0.05, 0.1) is 22.9 Å². The van der Waals surface area contributed by atoms with E-state index in [1.807, 2.05) is 6.92 Å². The number of hydrogen-bond acceptors (Lipinski definition) is 6. The first-order chi connectivity index (χ1) is 15.1. The molecule has 7 nitrogen and oxygen atoms in total. The van der Waals surface area contributed by atoms with Crippen LogP contribution in [0.25, 0.3) is 11.0 Å². The number of aliphatic hydroxyl groups is 1. The number of fused-ring (bicyclic) bond motifs is 1. The van der Waals surface area contributed by atoms with Gasteiger partial charge in [-0.15, -0.1) is 0 Å². The molecule has 4 rings (SSSR count). The highest BCUT2D eigenvalue weighted by atomic mass is 19.4. The predicted molar refractivity (Wildman–Crippen MR) is 112 cm³/mol. The summed E-state index contributed by atoms with van der Waals surface area (Å²) < 4.78 is 48.7. The molecule has 172 valence electrons. The molecule has 2 N–H and O–H groups in total. The maximum Gasteiger partial charge on any atom is 0.418 e. The Kier molecular flexibility index (Phi) is 5.85. The molecule has 0 bridgehead atoms. The number of hydrogen-bond donors (Lipinski definition) is 2. The lowest BCUT2D eigenvalue weighted by Gasteiger charge is -2.39. The van der Waals surface area contributed by atoms with E-state index in [4.69, 9.17) is 4.74 Å². The third-order valence-corrected chi connectivity index (χ3v) is 5.69. The van der Waals surface area contributed by atoms with E-state index in [9.17, 15) is 18.3 Å². The fourth-order valence-corrected chi connectivity index (χ4v) is 4.38. The molecule has 0 saturated carbocycles. The summed E-state index contributed by atoms with van der Waals surface area (Å²) in [5.74, 6) is 0.414. The van der Waals surface area contributed by atoms with E-state index in [0.717, 1.165) is 6.07 Å². The Morgan fingerprint density at radius 2 is 1.94 bits per heavy atom. The van der Waals surface area contributed by atoms with Crippen molar-refractivity contribution in [2.75, 3.05) is 6.61 Å². The van der Waals surface area contributed by atoms with Crippen LogP contribution in [0.4, 0.5) is 13.2 Å². The second-order valence-corrected chi connectivity index (χ2v) is 8.67. The van der Waals surface area contributed by atoms with Crippen molar-refractivity contribution in [3.63, 3.8) is 0 Å². The Hall–Kier alpha value is -2.72. The summed E-state index contributed by atoms with van der Waals surface area (Å²) in [5.41, 5.74) is -1.75. The van der Waals surface area contributed by atoms with Gasteiger partial charge >= 0.3 is 6.18 Å². The largest absolute Gasteiger partial charge is 0.492 e. The fourth-order valence-electron chi connectivity index (χ4n) is 4.38. The molecule has 1 aromatic carbocycles. The molecule has 0 aliphatic carbocycles. The van der Waals surface area contributed by atoms with Gasteiger partial charge in [-0.05, 0) is 39.3 Å². The molecule has 1 saturated heterocycles. The zero-order valence-electron chi connectivity index (χ0n) is 18.1. The van der Waals surface area contributed by atoms with Crippen molar-refractivity contribution in [2.24, 2.45) is 0 Å². The van der Waals surface area contributed by atoms with Crippen LogP contribution < -0.4 is 10.1 Å². The SMILES string of the molecule is CC1CC(O)(c2ncccn2)CC(COc2cc(C(F)(F)F)c3c(c2)ncn3C(C)C)N1. The first kappa shape index (κ1) is 22.5. The standard InChI is InChI=1S/C22H26F3N5O2/c1-13(2)30-12-28-18-8-16(7-17(19(18)30)22(23,24)25)32-11-15-10-21(31,9-14(3)29-15)20-26-5-4-6-27-20/h4-8,12-15,29,31H,9-11H2,1-3H3. The van der Waals surface area contributed by atoms with E-state index in [2.05, 4.69) is 20.3 Å². The molecule has 0 amide bonds. The number of halogens is 3. The molecule has 3 atom stereocenters. The van der Waals surface area contributed by atoms with Crippen LogP contribution in [0.5, 0.6) is 5.75 Å². The van der Waals surface area contributed by atoms with Crippen molar-refractivity contribution in [1.29, 1.82) is 0 Å². The summed E-state index contributed by atoms with van der Waals surface area (Å²) >= 11 is 0. The average Bonchev–Trinajstić information content (AvgIpc) is 3.15. The van der Waals surface area contributed by atoms with Crippen LogP contribution in [0.1, 0.15) is 51.0 Å². The Bertz CT molecular complexity index is 1090.